The lowest BCUT2D eigenvalue weighted by Gasteiger charge is -2.42. The quantitative estimate of drug-likeness (QED) is 0.663. The number of hydrogen-bond donors (Lipinski definition) is 0. The Morgan fingerprint density at radius 2 is 1.79 bits per heavy atom. The molecule has 0 aromatic heterocycles. The Labute approximate surface area is 177 Å². The van der Waals surface area contributed by atoms with Crippen LogP contribution in [0.15, 0.2) is 30.3 Å². The summed E-state index contributed by atoms with van der Waals surface area (Å²) >= 11 is 0. The van der Waals surface area contributed by atoms with Crippen LogP contribution in [0.1, 0.15) is 57.4 Å². The molecular weight excluding hydrogens is 358 g/mol. The topological polar surface area (TPSA) is 26.8 Å². The van der Waals surface area contributed by atoms with Gasteiger partial charge in [-0.25, -0.2) is 0 Å². The summed E-state index contributed by atoms with van der Waals surface area (Å²) in [7, 11) is 0. The van der Waals surface area contributed by atoms with Crippen molar-refractivity contribution in [3.8, 4) is 0 Å². The van der Waals surface area contributed by atoms with Crippen LogP contribution in [0.3, 0.4) is 0 Å². The second-order valence-electron chi connectivity index (χ2n) is 9.55. The van der Waals surface area contributed by atoms with Crippen LogP contribution in [0.5, 0.6) is 0 Å². The van der Waals surface area contributed by atoms with Gasteiger partial charge < -0.3 is 4.90 Å². The Kier molecular flexibility index (Phi) is 7.25. The predicted molar refractivity (Wildman–Crippen MR) is 119 cm³/mol. The van der Waals surface area contributed by atoms with Crippen LogP contribution in [0.4, 0.5) is 0 Å². The molecule has 0 radical (unpaired) electrons. The molecule has 2 saturated heterocycles. The van der Waals surface area contributed by atoms with Crippen LogP contribution >= 0.6 is 0 Å². The van der Waals surface area contributed by atoms with Crippen molar-refractivity contribution in [2.45, 2.75) is 64.5 Å². The molecule has 4 nitrogen and oxygen atoms in total. The molecule has 0 unspecified atom stereocenters. The average molecular weight is 398 g/mol. The molecule has 0 spiro atoms. The molecule has 1 atom stereocenters. The minimum Gasteiger partial charge on any atom is -0.342 e. The van der Waals surface area contributed by atoms with Crippen molar-refractivity contribution in [3.05, 3.63) is 35.9 Å². The lowest BCUT2D eigenvalue weighted by molar-refractivity contribution is -0.138. The molecular formula is C25H39N3O. The molecule has 3 aliphatic rings. The first kappa shape index (κ1) is 20.9. The van der Waals surface area contributed by atoms with Gasteiger partial charge in [-0.05, 0) is 76.1 Å². The molecule has 1 saturated carbocycles. The molecule has 29 heavy (non-hydrogen) atoms. The second-order valence-corrected chi connectivity index (χ2v) is 9.55. The van der Waals surface area contributed by atoms with Crippen molar-refractivity contribution in [3.63, 3.8) is 0 Å². The highest BCUT2D eigenvalue weighted by Gasteiger charge is 2.35. The van der Waals surface area contributed by atoms with Gasteiger partial charge in [0, 0.05) is 32.2 Å². The van der Waals surface area contributed by atoms with Crippen LogP contribution in [0.2, 0.25) is 0 Å². The summed E-state index contributed by atoms with van der Waals surface area (Å²) in [5.74, 6) is 1.47. The van der Waals surface area contributed by atoms with E-state index in [1.54, 1.807) is 0 Å². The smallest absolute Gasteiger partial charge is 0.226 e. The SMILES string of the molecule is CCCN(CC1CC1)C(=O)[C@@H]1CCCN(C2CCN(Cc3ccccc3)CC2)C1. The van der Waals surface area contributed by atoms with Crippen molar-refractivity contribution >= 4 is 5.91 Å². The third-order valence-electron chi connectivity index (χ3n) is 7.11. The van der Waals surface area contributed by atoms with Gasteiger partial charge in [-0.1, -0.05) is 37.3 Å². The van der Waals surface area contributed by atoms with E-state index in [9.17, 15) is 4.79 Å². The number of carbonyl (C=O) groups excluding carboxylic acids is 1. The van der Waals surface area contributed by atoms with Crippen LogP contribution in [-0.2, 0) is 11.3 Å². The Hall–Kier alpha value is -1.39. The fourth-order valence-corrected chi connectivity index (χ4v) is 5.26. The number of amides is 1. The Balaban J connectivity index is 1.26. The van der Waals surface area contributed by atoms with Crippen molar-refractivity contribution < 1.29 is 4.79 Å². The molecule has 0 bridgehead atoms. The maximum atomic E-state index is 13.2. The Morgan fingerprint density at radius 3 is 2.48 bits per heavy atom. The van der Waals surface area contributed by atoms with Gasteiger partial charge in [0.25, 0.3) is 0 Å². The number of hydrogen-bond acceptors (Lipinski definition) is 3. The van der Waals surface area contributed by atoms with Gasteiger partial charge in [-0.3, -0.25) is 14.6 Å². The lowest BCUT2D eigenvalue weighted by atomic mass is 9.92. The van der Waals surface area contributed by atoms with Gasteiger partial charge >= 0.3 is 0 Å². The summed E-state index contributed by atoms with van der Waals surface area (Å²) in [6, 6.07) is 11.5. The van der Waals surface area contributed by atoms with E-state index in [2.05, 4.69) is 52.0 Å². The fourth-order valence-electron chi connectivity index (χ4n) is 5.26. The predicted octanol–water partition coefficient (Wildman–Crippen LogP) is 4.01. The van der Waals surface area contributed by atoms with E-state index in [1.165, 1.54) is 57.3 Å². The molecule has 1 aromatic rings. The first-order valence-electron chi connectivity index (χ1n) is 12.0. The Bertz CT molecular complexity index is 637. The fraction of sp³-hybridized carbons (Fsp3) is 0.720. The van der Waals surface area contributed by atoms with E-state index in [0.717, 1.165) is 44.9 Å². The summed E-state index contributed by atoms with van der Waals surface area (Å²) in [5.41, 5.74) is 1.42. The summed E-state index contributed by atoms with van der Waals surface area (Å²) < 4.78 is 0. The molecule has 4 heteroatoms. The van der Waals surface area contributed by atoms with E-state index >= 15 is 0 Å². The van der Waals surface area contributed by atoms with Crippen LogP contribution in [0, 0.1) is 11.8 Å². The lowest BCUT2D eigenvalue weighted by Crippen LogP contribution is -2.51. The highest BCUT2D eigenvalue weighted by atomic mass is 16.2. The summed E-state index contributed by atoms with van der Waals surface area (Å²) in [6.45, 7) is 9.77. The maximum absolute atomic E-state index is 13.2. The van der Waals surface area contributed by atoms with Crippen molar-refractivity contribution in [1.82, 2.24) is 14.7 Å². The van der Waals surface area contributed by atoms with Gasteiger partial charge in [0.2, 0.25) is 5.91 Å². The monoisotopic (exact) mass is 397 g/mol. The van der Waals surface area contributed by atoms with E-state index in [4.69, 9.17) is 0 Å². The van der Waals surface area contributed by atoms with Crippen molar-refractivity contribution in [1.29, 1.82) is 0 Å². The zero-order chi connectivity index (χ0) is 20.1. The minimum absolute atomic E-state index is 0.233. The first-order chi connectivity index (χ1) is 14.2. The van der Waals surface area contributed by atoms with Crippen molar-refractivity contribution in [2.24, 2.45) is 11.8 Å². The summed E-state index contributed by atoms with van der Waals surface area (Å²) in [6.07, 6.45) is 8.49. The average Bonchev–Trinajstić information content (AvgIpc) is 3.58. The van der Waals surface area contributed by atoms with Gasteiger partial charge in [0.1, 0.15) is 0 Å². The zero-order valence-corrected chi connectivity index (χ0v) is 18.3. The molecule has 1 amide bonds. The number of likely N-dealkylation sites (tertiary alicyclic amines) is 2. The molecule has 1 aliphatic carbocycles. The molecule has 160 valence electrons. The highest BCUT2D eigenvalue weighted by molar-refractivity contribution is 5.79. The number of rotatable bonds is 8. The van der Waals surface area contributed by atoms with Gasteiger partial charge in [0.05, 0.1) is 5.92 Å². The summed E-state index contributed by atoms with van der Waals surface area (Å²) in [5, 5.41) is 0. The van der Waals surface area contributed by atoms with E-state index in [1.807, 2.05) is 0 Å². The van der Waals surface area contributed by atoms with E-state index < -0.39 is 0 Å². The first-order valence-corrected chi connectivity index (χ1v) is 12.0. The third-order valence-corrected chi connectivity index (χ3v) is 7.11. The van der Waals surface area contributed by atoms with Gasteiger partial charge in [-0.15, -0.1) is 0 Å². The highest BCUT2D eigenvalue weighted by Crippen LogP contribution is 2.31. The minimum atomic E-state index is 0.233. The molecule has 4 rings (SSSR count). The Morgan fingerprint density at radius 1 is 1.03 bits per heavy atom. The molecule has 2 aliphatic heterocycles. The number of nitrogens with zero attached hydrogens (tertiary/aromatic N) is 3. The molecule has 0 N–H and O–H groups in total. The van der Waals surface area contributed by atoms with Crippen LogP contribution in [-0.4, -0.2) is 65.9 Å². The van der Waals surface area contributed by atoms with Crippen molar-refractivity contribution in [2.75, 3.05) is 39.3 Å². The van der Waals surface area contributed by atoms with E-state index in [0.29, 0.717) is 11.9 Å². The molecule has 2 heterocycles. The molecule has 1 aromatic carbocycles. The maximum Gasteiger partial charge on any atom is 0.226 e. The van der Waals surface area contributed by atoms with Gasteiger partial charge in [-0.2, -0.15) is 0 Å². The molecule has 3 fully saturated rings. The number of benzene rings is 1. The number of piperidine rings is 2. The van der Waals surface area contributed by atoms with E-state index in [-0.39, 0.29) is 5.92 Å². The normalized spacial score (nSPS) is 24.5. The number of carbonyl (C=O) groups is 1. The van der Waals surface area contributed by atoms with Crippen LogP contribution < -0.4 is 0 Å². The summed E-state index contributed by atoms with van der Waals surface area (Å²) in [4.78, 5) is 20.7. The second kappa shape index (κ2) is 10.1. The third kappa shape index (κ3) is 5.82. The standard InChI is InChI=1S/C25H39N3O/c1-2-14-28(19-22-10-11-22)25(29)23-9-6-15-27(20-23)24-12-16-26(17-13-24)18-21-7-4-3-5-8-21/h3-5,7-8,22-24H,2,6,9-20H2,1H3/t23-/m1/s1. The zero-order valence-electron chi connectivity index (χ0n) is 18.3. The van der Waals surface area contributed by atoms with Crippen LogP contribution in [0.25, 0.3) is 0 Å². The largest absolute Gasteiger partial charge is 0.342 e. The van der Waals surface area contributed by atoms with Gasteiger partial charge in [0.15, 0.2) is 0 Å².